The fraction of sp³-hybridized carbons (Fsp3) is 0.600. The third kappa shape index (κ3) is 2.94. The first kappa shape index (κ1) is 11.1. The van der Waals surface area contributed by atoms with E-state index in [1.807, 2.05) is 0 Å². The number of nitrogens with two attached hydrogens (primary N) is 1. The Hall–Kier alpha value is -0.750. The molecule has 0 aliphatic carbocycles. The molecule has 0 aromatic heterocycles. The monoisotopic (exact) mass is 148 g/mol. The van der Waals surface area contributed by atoms with E-state index in [1.54, 1.807) is 6.07 Å². The van der Waals surface area contributed by atoms with Crippen LogP contribution in [-0.2, 0) is 4.79 Å². The molecular formula is C5H9ClN2O. The van der Waals surface area contributed by atoms with Gasteiger partial charge in [-0.15, -0.1) is 12.4 Å². The topological polar surface area (TPSA) is 66.9 Å². The Morgan fingerprint density at radius 3 is 2.00 bits per heavy atom. The molecule has 0 saturated carbocycles. The predicted octanol–water partition coefficient (Wildman–Crippen LogP) is 0.443. The molecule has 4 heteroatoms. The van der Waals surface area contributed by atoms with Gasteiger partial charge in [0.15, 0.2) is 0 Å². The van der Waals surface area contributed by atoms with Crippen molar-refractivity contribution in [2.45, 2.75) is 13.8 Å². The molecule has 0 aromatic carbocycles. The van der Waals surface area contributed by atoms with Crippen LogP contribution in [0.3, 0.4) is 0 Å². The van der Waals surface area contributed by atoms with E-state index >= 15 is 0 Å². The molecule has 0 aliphatic heterocycles. The maximum absolute atomic E-state index is 10.3. The van der Waals surface area contributed by atoms with Crippen LogP contribution in [0.25, 0.3) is 0 Å². The van der Waals surface area contributed by atoms with Crippen LogP contribution >= 0.6 is 12.4 Å². The van der Waals surface area contributed by atoms with E-state index in [9.17, 15) is 4.79 Å². The second kappa shape index (κ2) is 3.31. The van der Waals surface area contributed by atoms with Crippen molar-refractivity contribution in [2.24, 2.45) is 11.1 Å². The normalized spacial score (nSPS) is 9.00. The van der Waals surface area contributed by atoms with E-state index in [-0.39, 0.29) is 12.4 Å². The van der Waals surface area contributed by atoms with E-state index < -0.39 is 11.3 Å². The minimum absolute atomic E-state index is 0. The number of halogens is 1. The summed E-state index contributed by atoms with van der Waals surface area (Å²) in [6.45, 7) is 2.96. The van der Waals surface area contributed by atoms with Gasteiger partial charge < -0.3 is 5.73 Å². The molecule has 0 aliphatic rings. The fourth-order valence-corrected chi connectivity index (χ4v) is 0.0551. The lowest BCUT2D eigenvalue weighted by atomic mass is 9.96. The number of carbonyl (C=O) groups excluding carboxylic acids is 1. The number of nitriles is 1. The smallest absolute Gasteiger partial charge is 0.237 e. The zero-order valence-corrected chi connectivity index (χ0v) is 6.16. The first-order valence-corrected chi connectivity index (χ1v) is 2.22. The van der Waals surface area contributed by atoms with Crippen LogP contribution in [0.2, 0.25) is 0 Å². The molecule has 52 valence electrons. The summed E-state index contributed by atoms with van der Waals surface area (Å²) in [6.07, 6.45) is 0. The van der Waals surface area contributed by atoms with Crippen LogP contribution in [0.1, 0.15) is 13.8 Å². The van der Waals surface area contributed by atoms with Gasteiger partial charge in [-0.05, 0) is 13.8 Å². The van der Waals surface area contributed by atoms with E-state index in [1.165, 1.54) is 13.8 Å². The van der Waals surface area contributed by atoms with Gasteiger partial charge in [-0.25, -0.2) is 0 Å². The van der Waals surface area contributed by atoms with Crippen LogP contribution in [-0.4, -0.2) is 5.91 Å². The van der Waals surface area contributed by atoms with Gasteiger partial charge in [-0.1, -0.05) is 0 Å². The Balaban J connectivity index is 0. The molecule has 2 N–H and O–H groups in total. The largest absolute Gasteiger partial charge is 0.368 e. The van der Waals surface area contributed by atoms with Gasteiger partial charge in [0, 0.05) is 0 Å². The van der Waals surface area contributed by atoms with Crippen molar-refractivity contribution in [3.05, 3.63) is 0 Å². The molecule has 0 unspecified atom stereocenters. The van der Waals surface area contributed by atoms with Crippen molar-refractivity contribution in [1.82, 2.24) is 0 Å². The number of amides is 1. The average molecular weight is 149 g/mol. The number of hydrogen-bond donors (Lipinski definition) is 1. The van der Waals surface area contributed by atoms with Crippen LogP contribution in [0.15, 0.2) is 0 Å². The zero-order valence-electron chi connectivity index (χ0n) is 5.34. The Bertz CT molecular complexity index is 148. The number of carbonyl (C=O) groups is 1. The molecule has 0 atom stereocenters. The molecule has 1 amide bonds. The highest BCUT2D eigenvalue weighted by Crippen LogP contribution is 2.09. The maximum Gasteiger partial charge on any atom is 0.237 e. The zero-order chi connectivity index (χ0) is 6.78. The van der Waals surface area contributed by atoms with Crippen molar-refractivity contribution < 1.29 is 4.79 Å². The first-order chi connectivity index (χ1) is 3.50. The molecule has 0 rings (SSSR count). The van der Waals surface area contributed by atoms with Gasteiger partial charge in [-0.3, -0.25) is 4.79 Å². The molecule has 0 saturated heterocycles. The fourth-order valence-electron chi connectivity index (χ4n) is 0.0551. The third-order valence-corrected chi connectivity index (χ3v) is 0.896. The first-order valence-electron chi connectivity index (χ1n) is 2.22. The number of rotatable bonds is 1. The SMILES string of the molecule is CC(C)(C#N)C(N)=O.Cl. The van der Waals surface area contributed by atoms with Crippen molar-refractivity contribution in [3.8, 4) is 6.07 Å². The Morgan fingerprint density at radius 2 is 2.00 bits per heavy atom. The highest BCUT2D eigenvalue weighted by molar-refractivity contribution is 5.85. The third-order valence-electron chi connectivity index (χ3n) is 0.896. The Morgan fingerprint density at radius 1 is 1.67 bits per heavy atom. The molecule has 0 fully saturated rings. The lowest BCUT2D eigenvalue weighted by molar-refractivity contribution is -0.123. The molecule has 0 heterocycles. The highest BCUT2D eigenvalue weighted by Gasteiger charge is 2.23. The number of nitrogens with zero attached hydrogens (tertiary/aromatic N) is 1. The summed E-state index contributed by atoms with van der Waals surface area (Å²) >= 11 is 0. The summed E-state index contributed by atoms with van der Waals surface area (Å²) < 4.78 is 0. The summed E-state index contributed by atoms with van der Waals surface area (Å²) in [6, 6.07) is 1.77. The summed E-state index contributed by atoms with van der Waals surface area (Å²) in [5.41, 5.74) is 3.81. The van der Waals surface area contributed by atoms with Crippen molar-refractivity contribution in [3.63, 3.8) is 0 Å². The summed E-state index contributed by atoms with van der Waals surface area (Å²) in [4.78, 5) is 10.3. The molecule has 3 nitrogen and oxygen atoms in total. The maximum atomic E-state index is 10.3. The van der Waals surface area contributed by atoms with Gasteiger partial charge in [-0.2, -0.15) is 5.26 Å². The van der Waals surface area contributed by atoms with Gasteiger partial charge in [0.2, 0.25) is 5.91 Å². The van der Waals surface area contributed by atoms with Gasteiger partial charge in [0.05, 0.1) is 6.07 Å². The second-order valence-corrected chi connectivity index (χ2v) is 2.10. The quantitative estimate of drug-likeness (QED) is 0.587. The van der Waals surface area contributed by atoms with Gasteiger partial charge in [0.1, 0.15) is 5.41 Å². The Kier molecular flexibility index (Phi) is 4.08. The number of primary amides is 1. The van der Waals surface area contributed by atoms with E-state index in [0.29, 0.717) is 0 Å². The predicted molar refractivity (Wildman–Crippen MR) is 35.8 cm³/mol. The molecule has 0 bridgehead atoms. The van der Waals surface area contributed by atoms with E-state index in [2.05, 4.69) is 0 Å². The minimum Gasteiger partial charge on any atom is -0.368 e. The van der Waals surface area contributed by atoms with Crippen molar-refractivity contribution in [2.75, 3.05) is 0 Å². The summed E-state index contributed by atoms with van der Waals surface area (Å²) in [5, 5.41) is 8.21. The second-order valence-electron chi connectivity index (χ2n) is 2.10. The van der Waals surface area contributed by atoms with Crippen molar-refractivity contribution in [1.29, 1.82) is 5.26 Å². The van der Waals surface area contributed by atoms with Gasteiger partial charge in [0.25, 0.3) is 0 Å². The molecule has 9 heavy (non-hydrogen) atoms. The average Bonchev–Trinajstić information content (AvgIpc) is 1.67. The highest BCUT2D eigenvalue weighted by atomic mass is 35.5. The van der Waals surface area contributed by atoms with Crippen molar-refractivity contribution >= 4 is 18.3 Å². The lowest BCUT2D eigenvalue weighted by Gasteiger charge is -2.06. The lowest BCUT2D eigenvalue weighted by Crippen LogP contribution is -2.29. The summed E-state index contributed by atoms with van der Waals surface area (Å²) in [5.74, 6) is -0.583. The van der Waals surface area contributed by atoms with E-state index in [0.717, 1.165) is 0 Å². The minimum atomic E-state index is -1.01. The van der Waals surface area contributed by atoms with E-state index in [4.69, 9.17) is 11.0 Å². The number of hydrogen-bond acceptors (Lipinski definition) is 2. The molecule has 0 spiro atoms. The molecule has 0 radical (unpaired) electrons. The van der Waals surface area contributed by atoms with Crippen LogP contribution in [0.5, 0.6) is 0 Å². The molecular weight excluding hydrogens is 140 g/mol. The van der Waals surface area contributed by atoms with Crippen LogP contribution in [0.4, 0.5) is 0 Å². The van der Waals surface area contributed by atoms with Crippen LogP contribution < -0.4 is 5.73 Å². The van der Waals surface area contributed by atoms with Crippen LogP contribution in [0, 0.1) is 16.7 Å². The van der Waals surface area contributed by atoms with Gasteiger partial charge >= 0.3 is 0 Å². The summed E-state index contributed by atoms with van der Waals surface area (Å²) in [7, 11) is 0. The molecule has 0 aromatic rings. The standard InChI is InChI=1S/C5H8N2O.ClH/c1-5(2,3-6)4(7)8;/h1-2H3,(H2,7,8);1H. The Labute approximate surface area is 60.2 Å².